The predicted octanol–water partition coefficient (Wildman–Crippen LogP) is 5.35. The molecule has 0 bridgehead atoms. The van der Waals surface area contributed by atoms with Crippen molar-refractivity contribution in [3.63, 3.8) is 0 Å². The van der Waals surface area contributed by atoms with E-state index < -0.39 is 0 Å². The zero-order valence-electron chi connectivity index (χ0n) is 17.4. The molecule has 0 fully saturated rings. The van der Waals surface area contributed by atoms with Crippen LogP contribution in [-0.4, -0.2) is 20.0 Å². The molecule has 0 aromatic heterocycles. The number of halogens is 1. The molecule has 0 N–H and O–H groups in total. The third kappa shape index (κ3) is 3.97. The highest BCUT2D eigenvalue weighted by molar-refractivity contribution is 6.15. The minimum absolute atomic E-state index is 0.0754. The minimum Gasteiger partial charge on any atom is -0.497 e. The van der Waals surface area contributed by atoms with Gasteiger partial charge in [0.15, 0.2) is 5.76 Å². The van der Waals surface area contributed by atoms with Crippen LogP contribution in [0.1, 0.15) is 27.0 Å². The number of allylic oxidation sites excluding steroid dienone is 1. The molecule has 0 aliphatic carbocycles. The van der Waals surface area contributed by atoms with Gasteiger partial charge < -0.3 is 18.9 Å². The second kappa shape index (κ2) is 8.52. The van der Waals surface area contributed by atoms with E-state index in [1.807, 2.05) is 0 Å². The molecule has 3 aromatic rings. The van der Waals surface area contributed by atoms with Crippen LogP contribution in [0.25, 0.3) is 6.08 Å². The summed E-state index contributed by atoms with van der Waals surface area (Å²) in [6, 6.07) is 15.1. The van der Waals surface area contributed by atoms with Crippen LogP contribution in [0.15, 0.2) is 60.4 Å². The Morgan fingerprint density at radius 1 is 1.00 bits per heavy atom. The lowest BCUT2D eigenvalue weighted by Crippen LogP contribution is -2.00. The summed E-state index contributed by atoms with van der Waals surface area (Å²) in [5.74, 6) is 1.81. The average molecular weight is 420 g/mol. The summed E-state index contributed by atoms with van der Waals surface area (Å²) in [4.78, 5) is 12.9. The van der Waals surface area contributed by atoms with Crippen LogP contribution < -0.4 is 18.9 Å². The van der Waals surface area contributed by atoms with Crippen LogP contribution in [0.3, 0.4) is 0 Å². The number of ether oxygens (including phenoxy) is 4. The molecular weight excluding hydrogens is 399 g/mol. The fourth-order valence-electron chi connectivity index (χ4n) is 3.37. The number of carbonyl (C=O) groups excluding carboxylic acids is 1. The van der Waals surface area contributed by atoms with E-state index in [0.29, 0.717) is 45.3 Å². The molecule has 0 amide bonds. The summed E-state index contributed by atoms with van der Waals surface area (Å²) >= 11 is 0. The lowest BCUT2D eigenvalue weighted by molar-refractivity contribution is 0.101. The Hall–Kier alpha value is -3.80. The van der Waals surface area contributed by atoms with Gasteiger partial charge in [0.25, 0.3) is 0 Å². The number of hydrogen-bond acceptors (Lipinski definition) is 5. The first-order valence-corrected chi connectivity index (χ1v) is 9.68. The third-order valence-electron chi connectivity index (χ3n) is 5.10. The molecule has 0 atom stereocenters. The Morgan fingerprint density at radius 2 is 1.81 bits per heavy atom. The first-order chi connectivity index (χ1) is 15.0. The summed E-state index contributed by atoms with van der Waals surface area (Å²) in [5.41, 5.74) is 2.27. The van der Waals surface area contributed by atoms with Crippen molar-refractivity contribution in [2.45, 2.75) is 13.5 Å². The van der Waals surface area contributed by atoms with Crippen molar-refractivity contribution in [2.75, 3.05) is 14.2 Å². The second-order valence-corrected chi connectivity index (χ2v) is 6.99. The molecule has 1 aliphatic rings. The fourth-order valence-corrected chi connectivity index (χ4v) is 3.37. The summed E-state index contributed by atoms with van der Waals surface area (Å²) in [6.07, 6.45) is 1.64. The van der Waals surface area contributed by atoms with Crippen molar-refractivity contribution < 1.29 is 28.1 Å². The molecule has 31 heavy (non-hydrogen) atoms. The molecule has 5 nitrogen and oxygen atoms in total. The smallest absolute Gasteiger partial charge is 0.231 e. The van der Waals surface area contributed by atoms with Crippen LogP contribution >= 0.6 is 0 Å². The standard InChI is InChI=1S/C25H21FO5/c1-15-21(30-14-17-6-4-5-7-20(17)26)11-10-19-24(27)23(31-25(15)19)12-16-8-9-18(28-2)13-22(16)29-3/h4-13H,14H2,1-3H3/b23-12-. The summed E-state index contributed by atoms with van der Waals surface area (Å²) in [7, 11) is 3.12. The Balaban J connectivity index is 1.60. The highest BCUT2D eigenvalue weighted by Crippen LogP contribution is 2.40. The fraction of sp³-hybridized carbons (Fsp3) is 0.160. The Bertz CT molecular complexity index is 1180. The average Bonchev–Trinajstić information content (AvgIpc) is 3.10. The first-order valence-electron chi connectivity index (χ1n) is 9.68. The van der Waals surface area contributed by atoms with Crippen LogP contribution in [0.4, 0.5) is 4.39 Å². The molecule has 0 radical (unpaired) electrons. The predicted molar refractivity (Wildman–Crippen MR) is 114 cm³/mol. The van der Waals surface area contributed by atoms with Crippen molar-refractivity contribution in [3.8, 4) is 23.0 Å². The van der Waals surface area contributed by atoms with Crippen LogP contribution in [0.2, 0.25) is 0 Å². The van der Waals surface area contributed by atoms with Gasteiger partial charge in [-0.3, -0.25) is 4.79 Å². The first kappa shape index (κ1) is 20.5. The number of ketones is 1. The molecule has 0 saturated heterocycles. The van der Waals surface area contributed by atoms with Gasteiger partial charge in [0.2, 0.25) is 5.78 Å². The Kier molecular flexibility index (Phi) is 5.62. The largest absolute Gasteiger partial charge is 0.497 e. The van der Waals surface area contributed by atoms with Gasteiger partial charge in [-0.05, 0) is 43.3 Å². The van der Waals surface area contributed by atoms with E-state index >= 15 is 0 Å². The molecule has 0 spiro atoms. The Morgan fingerprint density at radius 3 is 2.55 bits per heavy atom. The molecule has 0 unspecified atom stereocenters. The number of methoxy groups -OCH3 is 2. The maximum Gasteiger partial charge on any atom is 0.231 e. The number of rotatable bonds is 6. The van der Waals surface area contributed by atoms with Crippen LogP contribution in [0.5, 0.6) is 23.0 Å². The molecule has 0 saturated carbocycles. The zero-order valence-corrected chi connectivity index (χ0v) is 17.4. The van der Waals surface area contributed by atoms with E-state index in [2.05, 4.69) is 0 Å². The van der Waals surface area contributed by atoms with E-state index in [-0.39, 0.29) is 24.0 Å². The number of Topliss-reactive ketones (excluding diaryl/α,β-unsaturated/α-hetero) is 1. The van der Waals surface area contributed by atoms with Gasteiger partial charge in [-0.2, -0.15) is 0 Å². The third-order valence-corrected chi connectivity index (χ3v) is 5.10. The molecule has 1 heterocycles. The maximum atomic E-state index is 13.9. The van der Waals surface area contributed by atoms with Crippen molar-refractivity contribution in [1.29, 1.82) is 0 Å². The zero-order chi connectivity index (χ0) is 22.0. The van der Waals surface area contributed by atoms with Crippen LogP contribution in [0, 0.1) is 12.7 Å². The van der Waals surface area contributed by atoms with E-state index in [1.54, 1.807) is 75.8 Å². The van der Waals surface area contributed by atoms with Gasteiger partial charge in [-0.15, -0.1) is 0 Å². The van der Waals surface area contributed by atoms with E-state index in [0.717, 1.165) is 0 Å². The molecule has 4 rings (SSSR count). The lowest BCUT2D eigenvalue weighted by Gasteiger charge is -2.12. The molecule has 3 aromatic carbocycles. The quantitative estimate of drug-likeness (QED) is 0.504. The molecule has 6 heteroatoms. The normalized spacial score (nSPS) is 13.7. The van der Waals surface area contributed by atoms with Gasteiger partial charge in [0.05, 0.1) is 19.8 Å². The number of benzene rings is 3. The minimum atomic E-state index is -0.327. The van der Waals surface area contributed by atoms with Crippen LogP contribution in [-0.2, 0) is 6.61 Å². The van der Waals surface area contributed by atoms with Gasteiger partial charge >= 0.3 is 0 Å². The molecule has 158 valence electrons. The van der Waals surface area contributed by atoms with E-state index in [1.165, 1.54) is 6.07 Å². The number of fused-ring (bicyclic) bond motifs is 1. The van der Waals surface area contributed by atoms with Gasteiger partial charge in [-0.1, -0.05) is 18.2 Å². The van der Waals surface area contributed by atoms with E-state index in [9.17, 15) is 9.18 Å². The topological polar surface area (TPSA) is 54.0 Å². The van der Waals surface area contributed by atoms with Crippen molar-refractivity contribution >= 4 is 11.9 Å². The second-order valence-electron chi connectivity index (χ2n) is 6.99. The van der Waals surface area contributed by atoms with E-state index in [4.69, 9.17) is 18.9 Å². The maximum absolute atomic E-state index is 13.9. The molecular formula is C25H21FO5. The SMILES string of the molecule is COc1ccc(/C=C2\Oc3c(ccc(OCc4ccccc4F)c3C)C2=O)c(OC)c1. The summed E-state index contributed by atoms with van der Waals surface area (Å²) < 4.78 is 36.2. The summed E-state index contributed by atoms with van der Waals surface area (Å²) in [6.45, 7) is 1.88. The summed E-state index contributed by atoms with van der Waals surface area (Å²) in [5, 5.41) is 0. The van der Waals surface area contributed by atoms with Crippen molar-refractivity contribution in [1.82, 2.24) is 0 Å². The van der Waals surface area contributed by atoms with Gasteiger partial charge in [-0.25, -0.2) is 4.39 Å². The monoisotopic (exact) mass is 420 g/mol. The highest BCUT2D eigenvalue weighted by atomic mass is 19.1. The number of carbonyl (C=O) groups is 1. The molecule has 1 aliphatic heterocycles. The van der Waals surface area contributed by atoms with Crippen molar-refractivity contribution in [2.24, 2.45) is 0 Å². The highest BCUT2D eigenvalue weighted by Gasteiger charge is 2.30. The van der Waals surface area contributed by atoms with Gasteiger partial charge in [0.1, 0.15) is 35.4 Å². The Labute approximate surface area is 179 Å². The lowest BCUT2D eigenvalue weighted by atomic mass is 10.1. The van der Waals surface area contributed by atoms with Crippen molar-refractivity contribution in [3.05, 3.63) is 88.4 Å². The number of hydrogen-bond donors (Lipinski definition) is 0. The van der Waals surface area contributed by atoms with Gasteiger partial charge in [0, 0.05) is 22.8 Å².